The van der Waals surface area contributed by atoms with Crippen LogP contribution in [0, 0.1) is 0 Å². The van der Waals surface area contributed by atoms with Gasteiger partial charge in [-0.25, -0.2) is 9.59 Å². The Bertz CT molecular complexity index is 530. The molecule has 146 valence electrons. The van der Waals surface area contributed by atoms with Crippen LogP contribution in [-0.4, -0.2) is 80.4 Å². The van der Waals surface area contributed by atoms with E-state index in [-0.39, 0.29) is 5.57 Å². The van der Waals surface area contributed by atoms with Crippen molar-refractivity contribution in [3.63, 3.8) is 0 Å². The highest BCUT2D eigenvalue weighted by atomic mass is 32.2. The summed E-state index contributed by atoms with van der Waals surface area (Å²) in [6, 6.07) is 0. The Morgan fingerprint density at radius 1 is 1.27 bits per heavy atom. The number of rotatable bonds is 9. The fourth-order valence-corrected chi connectivity index (χ4v) is 4.42. The lowest BCUT2D eigenvalue weighted by molar-refractivity contribution is -0.144. The molecule has 0 amide bonds. The van der Waals surface area contributed by atoms with Crippen molar-refractivity contribution in [1.29, 1.82) is 0 Å². The molecule has 0 spiro atoms. The number of thioether (sulfide) groups is 2. The third-order valence-corrected chi connectivity index (χ3v) is 6.25. The van der Waals surface area contributed by atoms with Gasteiger partial charge in [0.1, 0.15) is 5.57 Å². The van der Waals surface area contributed by atoms with Gasteiger partial charge in [0, 0.05) is 36.1 Å². The maximum absolute atomic E-state index is 11.5. The normalized spacial score (nSPS) is 17.5. The zero-order chi connectivity index (χ0) is 19.4. The number of carbonyl (C=O) groups excluding carboxylic acids is 2. The quantitative estimate of drug-likeness (QED) is 0.111. The van der Waals surface area contributed by atoms with Crippen LogP contribution in [0.3, 0.4) is 0 Å². The van der Waals surface area contributed by atoms with Gasteiger partial charge < -0.3 is 19.1 Å². The molecule has 1 rings (SSSR count). The molecule has 1 aliphatic heterocycles. The number of ether oxygens (including phenoxy) is 3. The molecule has 0 radical (unpaired) electrons. The van der Waals surface area contributed by atoms with E-state index in [0.29, 0.717) is 18.4 Å². The maximum atomic E-state index is 11.5. The summed E-state index contributed by atoms with van der Waals surface area (Å²) in [5.74, 6) is 1.69. The topological polar surface area (TPSA) is 65.1 Å². The molecule has 1 atom stereocenters. The first-order chi connectivity index (χ1) is 12.5. The standard InChI is InChI=1S/C18H27NO5S2/c1-14-11-25-13-15(26-12-14)10-24-9-8-19(2)7-5-6-16(17(20)22-3)18(21)23-4/h5-7,15H,1,8-13H2,2-4H3. The van der Waals surface area contributed by atoms with Gasteiger partial charge in [0.25, 0.3) is 0 Å². The molecule has 6 nitrogen and oxygen atoms in total. The Kier molecular flexibility index (Phi) is 11.2. The SMILES string of the molecule is C=C1CSCC(COCCN(C)C=CC=C(C(=O)OC)C(=O)OC)SC1. The number of hydrogen-bond acceptors (Lipinski definition) is 8. The summed E-state index contributed by atoms with van der Waals surface area (Å²) >= 11 is 3.82. The average molecular weight is 402 g/mol. The van der Waals surface area contributed by atoms with E-state index in [1.165, 1.54) is 25.9 Å². The number of carbonyl (C=O) groups is 2. The van der Waals surface area contributed by atoms with E-state index in [1.807, 2.05) is 35.5 Å². The van der Waals surface area contributed by atoms with Crippen LogP contribution in [0.25, 0.3) is 0 Å². The summed E-state index contributed by atoms with van der Waals surface area (Å²) in [4.78, 5) is 25.0. The molecule has 1 aliphatic rings. The van der Waals surface area contributed by atoms with E-state index in [1.54, 1.807) is 12.3 Å². The highest BCUT2D eigenvalue weighted by Gasteiger charge is 2.18. The second-order valence-corrected chi connectivity index (χ2v) is 7.98. The van der Waals surface area contributed by atoms with Gasteiger partial charge in [-0.05, 0) is 18.4 Å². The minimum atomic E-state index is -0.728. The molecule has 1 heterocycles. The van der Waals surface area contributed by atoms with Crippen LogP contribution in [-0.2, 0) is 23.8 Å². The van der Waals surface area contributed by atoms with E-state index in [9.17, 15) is 9.59 Å². The first kappa shape index (κ1) is 22.7. The number of methoxy groups -OCH3 is 2. The van der Waals surface area contributed by atoms with E-state index in [2.05, 4.69) is 16.1 Å². The van der Waals surface area contributed by atoms with Gasteiger partial charge in [0.15, 0.2) is 0 Å². The molecule has 1 fully saturated rings. The van der Waals surface area contributed by atoms with Crippen molar-refractivity contribution in [1.82, 2.24) is 4.90 Å². The molecule has 0 saturated carbocycles. The van der Waals surface area contributed by atoms with Crippen LogP contribution in [0.1, 0.15) is 0 Å². The Balaban J connectivity index is 2.34. The molecule has 0 aliphatic carbocycles. The number of hydrogen-bond donors (Lipinski definition) is 0. The summed E-state index contributed by atoms with van der Waals surface area (Å²) in [6.07, 6.45) is 4.74. The van der Waals surface area contributed by atoms with Crippen molar-refractivity contribution < 1.29 is 23.8 Å². The lowest BCUT2D eigenvalue weighted by Gasteiger charge is -2.16. The summed E-state index contributed by atoms with van der Waals surface area (Å²) in [5.41, 5.74) is 1.14. The number of likely N-dealkylation sites (N-methyl/N-ethyl adjacent to an activating group) is 1. The molecular weight excluding hydrogens is 374 g/mol. The first-order valence-electron chi connectivity index (χ1n) is 8.17. The molecule has 1 saturated heterocycles. The average Bonchev–Trinajstić information content (AvgIpc) is 2.85. The number of allylic oxidation sites excluding steroid dienone is 2. The maximum Gasteiger partial charge on any atom is 0.345 e. The zero-order valence-corrected chi connectivity index (χ0v) is 17.2. The largest absolute Gasteiger partial charge is 0.465 e. The molecule has 0 aromatic carbocycles. The van der Waals surface area contributed by atoms with Crippen molar-refractivity contribution in [3.8, 4) is 0 Å². The monoisotopic (exact) mass is 401 g/mol. The van der Waals surface area contributed by atoms with Crippen LogP contribution < -0.4 is 0 Å². The van der Waals surface area contributed by atoms with Crippen LogP contribution in [0.4, 0.5) is 0 Å². The Morgan fingerprint density at radius 3 is 2.62 bits per heavy atom. The van der Waals surface area contributed by atoms with E-state index < -0.39 is 11.9 Å². The minimum Gasteiger partial charge on any atom is -0.465 e. The summed E-state index contributed by atoms with van der Waals surface area (Å²) in [7, 11) is 4.32. The van der Waals surface area contributed by atoms with E-state index >= 15 is 0 Å². The Morgan fingerprint density at radius 2 is 1.96 bits per heavy atom. The Hall–Kier alpha value is -1.38. The molecule has 0 N–H and O–H groups in total. The smallest absolute Gasteiger partial charge is 0.345 e. The lowest BCUT2D eigenvalue weighted by Crippen LogP contribution is -2.21. The molecule has 1 unspecified atom stereocenters. The summed E-state index contributed by atoms with van der Waals surface area (Å²) in [5, 5.41) is 0.505. The third kappa shape index (κ3) is 8.82. The molecule has 0 bridgehead atoms. The predicted octanol–water partition coefficient (Wildman–Crippen LogP) is 2.13. The summed E-state index contributed by atoms with van der Waals surface area (Å²) in [6.45, 7) is 6.08. The fraction of sp³-hybridized carbons (Fsp3) is 0.556. The van der Waals surface area contributed by atoms with Crippen LogP contribution in [0.5, 0.6) is 0 Å². The molecule has 26 heavy (non-hydrogen) atoms. The fourth-order valence-electron chi connectivity index (χ4n) is 1.98. The van der Waals surface area contributed by atoms with Gasteiger partial charge in [-0.1, -0.05) is 12.2 Å². The van der Waals surface area contributed by atoms with Crippen molar-refractivity contribution >= 4 is 35.5 Å². The van der Waals surface area contributed by atoms with Crippen molar-refractivity contribution in [3.05, 3.63) is 36.1 Å². The van der Waals surface area contributed by atoms with Gasteiger partial charge >= 0.3 is 11.9 Å². The highest BCUT2D eigenvalue weighted by molar-refractivity contribution is 8.04. The molecule has 0 aromatic heterocycles. The predicted molar refractivity (Wildman–Crippen MR) is 107 cm³/mol. The lowest BCUT2D eigenvalue weighted by atomic mass is 10.2. The third-order valence-electron chi connectivity index (χ3n) is 3.44. The van der Waals surface area contributed by atoms with E-state index in [4.69, 9.17) is 4.74 Å². The highest BCUT2D eigenvalue weighted by Crippen LogP contribution is 2.25. The van der Waals surface area contributed by atoms with Gasteiger partial charge in [-0.2, -0.15) is 23.5 Å². The van der Waals surface area contributed by atoms with Crippen LogP contribution in [0.15, 0.2) is 36.1 Å². The van der Waals surface area contributed by atoms with Crippen molar-refractivity contribution in [2.24, 2.45) is 0 Å². The van der Waals surface area contributed by atoms with Gasteiger partial charge in [-0.3, -0.25) is 0 Å². The summed E-state index contributed by atoms with van der Waals surface area (Å²) < 4.78 is 14.9. The second kappa shape index (κ2) is 12.9. The van der Waals surface area contributed by atoms with E-state index in [0.717, 1.165) is 23.9 Å². The molecular formula is C18H27NO5S2. The molecule has 8 heteroatoms. The van der Waals surface area contributed by atoms with Crippen LogP contribution in [0.2, 0.25) is 0 Å². The second-order valence-electron chi connectivity index (χ2n) is 5.66. The van der Waals surface area contributed by atoms with Crippen molar-refractivity contribution in [2.45, 2.75) is 5.25 Å². The minimum absolute atomic E-state index is 0.152. The van der Waals surface area contributed by atoms with Crippen molar-refractivity contribution in [2.75, 3.05) is 58.3 Å². The number of esters is 2. The Labute approximate surface area is 164 Å². The number of nitrogens with zero attached hydrogens (tertiary/aromatic N) is 1. The zero-order valence-electron chi connectivity index (χ0n) is 15.6. The first-order valence-corrected chi connectivity index (χ1v) is 10.4. The van der Waals surface area contributed by atoms with Crippen LogP contribution >= 0.6 is 23.5 Å². The molecule has 0 aromatic rings. The van der Waals surface area contributed by atoms with Gasteiger partial charge in [0.2, 0.25) is 0 Å². The van der Waals surface area contributed by atoms with Gasteiger partial charge in [0.05, 0.1) is 27.4 Å². The van der Waals surface area contributed by atoms with Gasteiger partial charge in [-0.15, -0.1) is 0 Å².